The normalized spacial score (nSPS) is 13.7. The van der Waals surface area contributed by atoms with Gasteiger partial charge in [0.1, 0.15) is 10.8 Å². The second kappa shape index (κ2) is 7.82. The van der Waals surface area contributed by atoms with Gasteiger partial charge in [-0.3, -0.25) is 4.79 Å². The van der Waals surface area contributed by atoms with Gasteiger partial charge in [0.15, 0.2) is 5.16 Å². The van der Waals surface area contributed by atoms with Crippen LogP contribution >= 0.6 is 23.1 Å². The van der Waals surface area contributed by atoms with Crippen molar-refractivity contribution >= 4 is 34.7 Å². The highest BCUT2D eigenvalue weighted by Gasteiger charge is 2.28. The molecule has 2 aromatic heterocycles. The molecule has 6 nitrogen and oxygen atoms in total. The van der Waals surface area contributed by atoms with E-state index in [1.165, 1.54) is 29.7 Å². The minimum absolute atomic E-state index is 0.0449. The van der Waals surface area contributed by atoms with Gasteiger partial charge in [0.2, 0.25) is 5.91 Å². The van der Waals surface area contributed by atoms with Crippen molar-refractivity contribution in [3.8, 4) is 0 Å². The fourth-order valence-corrected chi connectivity index (χ4v) is 4.66. The summed E-state index contributed by atoms with van der Waals surface area (Å²) in [6.45, 7) is 4.03. The van der Waals surface area contributed by atoms with Crippen LogP contribution in [0.3, 0.4) is 0 Å². The van der Waals surface area contributed by atoms with Gasteiger partial charge < -0.3 is 9.88 Å². The Balaban J connectivity index is 1.32. The van der Waals surface area contributed by atoms with Gasteiger partial charge in [0.05, 0.1) is 12.1 Å². The predicted molar refractivity (Wildman–Crippen MR) is 108 cm³/mol. The standard InChI is InChI=1S/C19H21N5OS2/c1-12-3-5-14(6-4-12)20-17(25)9-18-21-15(10-26-18)11-27-19-23-22-13(2)24(19)16-7-8-16/h3-6,10,16H,7-9,11H2,1-2H3,(H,20,25). The number of thioether (sulfide) groups is 1. The van der Waals surface area contributed by atoms with Crippen molar-refractivity contribution in [1.82, 2.24) is 19.7 Å². The summed E-state index contributed by atoms with van der Waals surface area (Å²) >= 11 is 3.18. The van der Waals surface area contributed by atoms with Crippen LogP contribution in [0.5, 0.6) is 0 Å². The zero-order chi connectivity index (χ0) is 18.8. The number of amides is 1. The van der Waals surface area contributed by atoms with Crippen molar-refractivity contribution in [2.24, 2.45) is 0 Å². The smallest absolute Gasteiger partial charge is 0.231 e. The molecule has 1 aliphatic rings. The fraction of sp³-hybridized carbons (Fsp3) is 0.368. The summed E-state index contributed by atoms with van der Waals surface area (Å²) < 4.78 is 2.23. The first-order chi connectivity index (χ1) is 13.1. The van der Waals surface area contributed by atoms with E-state index in [9.17, 15) is 4.79 Å². The molecular formula is C19H21N5OS2. The second-order valence-electron chi connectivity index (χ2n) is 6.74. The third-order valence-electron chi connectivity index (χ3n) is 4.34. The van der Waals surface area contributed by atoms with E-state index in [2.05, 4.69) is 25.1 Å². The van der Waals surface area contributed by atoms with Crippen molar-refractivity contribution in [2.45, 2.75) is 50.1 Å². The van der Waals surface area contributed by atoms with E-state index in [0.29, 0.717) is 12.5 Å². The van der Waals surface area contributed by atoms with E-state index >= 15 is 0 Å². The van der Waals surface area contributed by atoms with Gasteiger partial charge in [-0.15, -0.1) is 21.5 Å². The highest BCUT2D eigenvalue weighted by molar-refractivity contribution is 7.98. The Kier molecular flexibility index (Phi) is 5.27. The van der Waals surface area contributed by atoms with E-state index in [4.69, 9.17) is 0 Å². The van der Waals surface area contributed by atoms with Crippen molar-refractivity contribution in [3.63, 3.8) is 0 Å². The zero-order valence-electron chi connectivity index (χ0n) is 15.3. The van der Waals surface area contributed by atoms with Crippen LogP contribution in [0.4, 0.5) is 5.69 Å². The van der Waals surface area contributed by atoms with Crippen LogP contribution in [-0.4, -0.2) is 25.7 Å². The number of rotatable bonds is 7. The maximum Gasteiger partial charge on any atom is 0.231 e. The first-order valence-corrected chi connectivity index (χ1v) is 10.8. The molecule has 1 amide bonds. The Morgan fingerprint density at radius 3 is 2.78 bits per heavy atom. The molecule has 8 heteroatoms. The Morgan fingerprint density at radius 2 is 2.04 bits per heavy atom. The lowest BCUT2D eigenvalue weighted by molar-refractivity contribution is -0.115. The van der Waals surface area contributed by atoms with Gasteiger partial charge >= 0.3 is 0 Å². The summed E-state index contributed by atoms with van der Waals surface area (Å²) in [4.78, 5) is 16.8. The third-order valence-corrected chi connectivity index (χ3v) is 6.22. The zero-order valence-corrected chi connectivity index (χ0v) is 16.9. The molecule has 0 spiro atoms. The lowest BCUT2D eigenvalue weighted by atomic mass is 10.2. The van der Waals surface area contributed by atoms with Crippen LogP contribution in [0.1, 0.15) is 41.0 Å². The highest BCUT2D eigenvalue weighted by atomic mass is 32.2. The number of nitrogens with one attached hydrogen (secondary N) is 1. The maximum atomic E-state index is 12.2. The molecule has 140 valence electrons. The number of hydrogen-bond acceptors (Lipinski definition) is 6. The minimum atomic E-state index is -0.0449. The van der Waals surface area contributed by atoms with E-state index in [-0.39, 0.29) is 5.91 Å². The van der Waals surface area contributed by atoms with Gasteiger partial charge in [0, 0.05) is 22.9 Å². The number of aryl methyl sites for hydroxylation is 2. The van der Waals surface area contributed by atoms with Crippen molar-refractivity contribution in [3.05, 3.63) is 51.7 Å². The van der Waals surface area contributed by atoms with Crippen molar-refractivity contribution < 1.29 is 4.79 Å². The lowest BCUT2D eigenvalue weighted by Gasteiger charge is -2.05. The van der Waals surface area contributed by atoms with Crippen LogP contribution in [0.2, 0.25) is 0 Å². The van der Waals surface area contributed by atoms with Gasteiger partial charge in [-0.1, -0.05) is 29.5 Å². The molecule has 1 aromatic carbocycles. The summed E-state index contributed by atoms with van der Waals surface area (Å²) in [5.41, 5.74) is 2.96. The molecule has 27 heavy (non-hydrogen) atoms. The molecule has 1 fully saturated rings. The molecule has 3 aromatic rings. The average molecular weight is 400 g/mol. The van der Waals surface area contributed by atoms with Crippen molar-refractivity contribution in [2.75, 3.05) is 5.32 Å². The Bertz CT molecular complexity index is 943. The van der Waals surface area contributed by atoms with Gasteiger partial charge in [0.25, 0.3) is 0 Å². The van der Waals surface area contributed by atoms with Gasteiger partial charge in [-0.2, -0.15) is 0 Å². The highest BCUT2D eigenvalue weighted by Crippen LogP contribution is 2.39. The topological polar surface area (TPSA) is 72.7 Å². The van der Waals surface area contributed by atoms with Gasteiger partial charge in [-0.05, 0) is 38.8 Å². The minimum Gasteiger partial charge on any atom is -0.326 e. The second-order valence-corrected chi connectivity index (χ2v) is 8.63. The number of benzene rings is 1. The number of hydrogen-bond donors (Lipinski definition) is 1. The van der Waals surface area contributed by atoms with E-state index in [1.54, 1.807) is 11.8 Å². The fourth-order valence-electron chi connectivity index (χ4n) is 2.82. The molecular weight excluding hydrogens is 378 g/mol. The molecule has 1 aliphatic carbocycles. The summed E-state index contributed by atoms with van der Waals surface area (Å²) in [5, 5.41) is 15.2. The van der Waals surface area contributed by atoms with E-state index in [1.807, 2.05) is 43.5 Å². The monoisotopic (exact) mass is 399 g/mol. The van der Waals surface area contributed by atoms with E-state index in [0.717, 1.165) is 33.1 Å². The molecule has 1 N–H and O–H groups in total. The molecule has 2 heterocycles. The lowest BCUT2D eigenvalue weighted by Crippen LogP contribution is -2.14. The number of carbonyl (C=O) groups is 1. The van der Waals surface area contributed by atoms with E-state index < -0.39 is 0 Å². The van der Waals surface area contributed by atoms with Crippen LogP contribution in [0.15, 0.2) is 34.8 Å². The Hall–Kier alpha value is -2.19. The third kappa shape index (κ3) is 4.56. The first kappa shape index (κ1) is 18.2. The van der Waals surface area contributed by atoms with Crippen molar-refractivity contribution in [1.29, 1.82) is 0 Å². The van der Waals surface area contributed by atoms with Crippen LogP contribution in [0, 0.1) is 13.8 Å². The molecule has 0 radical (unpaired) electrons. The molecule has 4 rings (SSSR count). The van der Waals surface area contributed by atoms with Crippen LogP contribution in [0.25, 0.3) is 0 Å². The maximum absolute atomic E-state index is 12.2. The molecule has 0 unspecified atom stereocenters. The molecule has 1 saturated carbocycles. The summed E-state index contributed by atoms with van der Waals surface area (Å²) in [7, 11) is 0. The number of thiazole rings is 1. The number of nitrogens with zero attached hydrogens (tertiary/aromatic N) is 4. The Labute approximate surface area is 166 Å². The molecule has 0 saturated heterocycles. The molecule has 0 aliphatic heterocycles. The largest absolute Gasteiger partial charge is 0.326 e. The SMILES string of the molecule is Cc1ccc(NC(=O)Cc2nc(CSc3nnc(C)n3C3CC3)cs2)cc1. The Morgan fingerprint density at radius 1 is 1.26 bits per heavy atom. The summed E-state index contributed by atoms with van der Waals surface area (Å²) in [6, 6.07) is 8.36. The summed E-state index contributed by atoms with van der Waals surface area (Å²) in [5.74, 6) is 1.67. The number of aromatic nitrogens is 4. The predicted octanol–water partition coefficient (Wildman–Crippen LogP) is 4.16. The number of carbonyl (C=O) groups excluding carboxylic acids is 1. The number of anilines is 1. The van der Waals surface area contributed by atoms with Crippen LogP contribution < -0.4 is 5.32 Å². The first-order valence-electron chi connectivity index (χ1n) is 8.92. The molecule has 0 atom stereocenters. The van der Waals surface area contributed by atoms with Gasteiger partial charge in [-0.25, -0.2) is 4.98 Å². The molecule has 0 bridgehead atoms. The van der Waals surface area contributed by atoms with Crippen LogP contribution in [-0.2, 0) is 17.0 Å². The quantitative estimate of drug-likeness (QED) is 0.604. The average Bonchev–Trinajstić information content (AvgIpc) is 3.27. The summed E-state index contributed by atoms with van der Waals surface area (Å²) in [6.07, 6.45) is 2.72.